The fourth-order valence-corrected chi connectivity index (χ4v) is 5.37. The third kappa shape index (κ3) is 3.56. The van der Waals surface area contributed by atoms with Crippen LogP contribution in [0.3, 0.4) is 0 Å². The van der Waals surface area contributed by atoms with Crippen LogP contribution in [0.4, 0.5) is 0 Å². The average Bonchev–Trinajstić information content (AvgIpc) is 3.20. The number of ether oxygens (including phenoxy) is 1. The van der Waals surface area contributed by atoms with Crippen molar-refractivity contribution < 1.29 is 4.74 Å². The first-order valence-electron chi connectivity index (χ1n) is 11.4. The van der Waals surface area contributed by atoms with Crippen molar-refractivity contribution in [2.75, 3.05) is 7.11 Å². The van der Waals surface area contributed by atoms with Gasteiger partial charge >= 0.3 is 0 Å². The van der Waals surface area contributed by atoms with Crippen molar-refractivity contribution in [3.63, 3.8) is 0 Å². The molecule has 0 spiro atoms. The fraction of sp³-hybridized carbons (Fsp3) is 0.571. The second-order valence-electron chi connectivity index (χ2n) is 11.4. The summed E-state index contributed by atoms with van der Waals surface area (Å²) >= 11 is 0. The van der Waals surface area contributed by atoms with Gasteiger partial charge < -0.3 is 4.74 Å². The largest absolute Gasteiger partial charge is 0.376 e. The molecule has 0 aromatic heterocycles. The molecule has 0 saturated heterocycles. The maximum absolute atomic E-state index is 5.96. The van der Waals surface area contributed by atoms with Gasteiger partial charge in [0.05, 0.1) is 6.10 Å². The summed E-state index contributed by atoms with van der Waals surface area (Å²) in [6, 6.07) is 9.88. The highest BCUT2D eigenvalue weighted by Gasteiger charge is 2.35. The monoisotopic (exact) mass is 390 g/mol. The molecule has 2 aromatic rings. The standard InChI is InChI=1S/C28H38O/c1-17-12-23-24(26(17)29-8)15-18-10-9-11-22(18)25(23)19-13-20(27(2,3)4)16-21(14-19)28(5,6)7/h13-17,26H,9-12H2,1-8H3/t17?,26-/m1/s1. The van der Waals surface area contributed by atoms with Crippen LogP contribution >= 0.6 is 0 Å². The van der Waals surface area contributed by atoms with Gasteiger partial charge in [-0.25, -0.2) is 0 Å². The molecule has 4 rings (SSSR count). The molecule has 156 valence electrons. The van der Waals surface area contributed by atoms with Crippen molar-refractivity contribution in [1.82, 2.24) is 0 Å². The highest BCUT2D eigenvalue weighted by atomic mass is 16.5. The summed E-state index contributed by atoms with van der Waals surface area (Å²) in [6.07, 6.45) is 5.08. The van der Waals surface area contributed by atoms with Crippen LogP contribution in [0.5, 0.6) is 0 Å². The van der Waals surface area contributed by atoms with Crippen LogP contribution in [0.1, 0.15) is 94.4 Å². The van der Waals surface area contributed by atoms with Crippen molar-refractivity contribution in [1.29, 1.82) is 0 Å². The fourth-order valence-electron chi connectivity index (χ4n) is 5.37. The molecule has 1 unspecified atom stereocenters. The Morgan fingerprint density at radius 1 is 0.828 bits per heavy atom. The van der Waals surface area contributed by atoms with E-state index < -0.39 is 0 Å². The van der Waals surface area contributed by atoms with Gasteiger partial charge in [-0.1, -0.05) is 72.7 Å². The van der Waals surface area contributed by atoms with Gasteiger partial charge in [-0.2, -0.15) is 0 Å². The predicted octanol–water partition coefficient (Wildman–Crippen LogP) is 7.32. The summed E-state index contributed by atoms with van der Waals surface area (Å²) in [5, 5.41) is 0. The van der Waals surface area contributed by atoms with Crippen molar-refractivity contribution in [2.45, 2.75) is 91.1 Å². The molecular weight excluding hydrogens is 352 g/mol. The average molecular weight is 391 g/mol. The Hall–Kier alpha value is -1.60. The molecule has 0 saturated carbocycles. The Kier molecular flexibility index (Phi) is 4.97. The second kappa shape index (κ2) is 6.98. The van der Waals surface area contributed by atoms with Crippen molar-refractivity contribution in [3.8, 4) is 11.1 Å². The molecule has 0 heterocycles. The molecule has 1 nitrogen and oxygen atoms in total. The summed E-state index contributed by atoms with van der Waals surface area (Å²) < 4.78 is 5.96. The van der Waals surface area contributed by atoms with Crippen LogP contribution in [-0.2, 0) is 34.8 Å². The van der Waals surface area contributed by atoms with E-state index in [1.165, 1.54) is 47.1 Å². The van der Waals surface area contributed by atoms with Crippen molar-refractivity contribution in [3.05, 3.63) is 57.6 Å². The molecule has 0 amide bonds. The van der Waals surface area contributed by atoms with Gasteiger partial charge in [-0.3, -0.25) is 0 Å². The first-order chi connectivity index (χ1) is 13.5. The second-order valence-corrected chi connectivity index (χ2v) is 11.4. The normalized spacial score (nSPS) is 21.4. The molecule has 29 heavy (non-hydrogen) atoms. The Balaban J connectivity index is 2.01. The minimum absolute atomic E-state index is 0.138. The van der Waals surface area contributed by atoms with E-state index in [4.69, 9.17) is 4.74 Å². The van der Waals surface area contributed by atoms with Crippen molar-refractivity contribution >= 4 is 0 Å². The molecule has 2 aromatic carbocycles. The van der Waals surface area contributed by atoms with Gasteiger partial charge in [0.2, 0.25) is 0 Å². The predicted molar refractivity (Wildman–Crippen MR) is 124 cm³/mol. The van der Waals surface area contributed by atoms with E-state index in [1.54, 1.807) is 16.7 Å². The number of aryl methyl sites for hydroxylation is 1. The molecule has 2 atom stereocenters. The van der Waals surface area contributed by atoms with E-state index in [1.807, 2.05) is 7.11 Å². The highest BCUT2D eigenvalue weighted by Crippen LogP contribution is 2.48. The number of methoxy groups -OCH3 is 1. The zero-order valence-electron chi connectivity index (χ0n) is 19.7. The third-order valence-electron chi connectivity index (χ3n) is 7.10. The lowest BCUT2D eigenvalue weighted by molar-refractivity contribution is 0.0695. The van der Waals surface area contributed by atoms with E-state index >= 15 is 0 Å². The quantitative estimate of drug-likeness (QED) is 0.522. The zero-order valence-corrected chi connectivity index (χ0v) is 19.7. The van der Waals surface area contributed by atoms with Gasteiger partial charge in [0, 0.05) is 7.11 Å². The summed E-state index contributed by atoms with van der Waals surface area (Å²) in [7, 11) is 1.88. The number of hydrogen-bond donors (Lipinski definition) is 0. The smallest absolute Gasteiger partial charge is 0.0852 e. The zero-order chi connectivity index (χ0) is 21.1. The molecule has 1 heteroatoms. The SMILES string of the molecule is CO[C@H]1c2cc3c(c(-c4cc(C(C)(C)C)cc(C(C)(C)C)c4)c2CC1C)CCC3. The summed E-state index contributed by atoms with van der Waals surface area (Å²) in [4.78, 5) is 0. The third-order valence-corrected chi connectivity index (χ3v) is 7.10. The number of hydrogen-bond acceptors (Lipinski definition) is 1. The van der Waals surface area contributed by atoms with Crippen LogP contribution in [0.15, 0.2) is 24.3 Å². The number of rotatable bonds is 2. The molecule has 0 fully saturated rings. The molecule has 0 N–H and O–H groups in total. The topological polar surface area (TPSA) is 9.23 Å². The first-order valence-corrected chi connectivity index (χ1v) is 11.4. The lowest BCUT2D eigenvalue weighted by Crippen LogP contribution is -2.16. The van der Waals surface area contributed by atoms with E-state index in [-0.39, 0.29) is 16.9 Å². The van der Waals surface area contributed by atoms with Crippen LogP contribution in [0.2, 0.25) is 0 Å². The molecule has 0 aliphatic heterocycles. The molecule has 0 bridgehead atoms. The van der Waals surface area contributed by atoms with Gasteiger partial charge in [-0.15, -0.1) is 0 Å². The van der Waals surface area contributed by atoms with Crippen LogP contribution in [0.25, 0.3) is 11.1 Å². The summed E-state index contributed by atoms with van der Waals surface area (Å²) in [5.74, 6) is 0.546. The maximum atomic E-state index is 5.96. The minimum atomic E-state index is 0.138. The van der Waals surface area contributed by atoms with E-state index in [9.17, 15) is 0 Å². The van der Waals surface area contributed by atoms with E-state index in [2.05, 4.69) is 72.7 Å². The Morgan fingerprint density at radius 3 is 2.00 bits per heavy atom. The molecular formula is C28H38O. The van der Waals surface area contributed by atoms with Gasteiger partial charge in [0.25, 0.3) is 0 Å². The van der Waals surface area contributed by atoms with Crippen molar-refractivity contribution in [2.24, 2.45) is 5.92 Å². The van der Waals surface area contributed by atoms with Gasteiger partial charge in [0.15, 0.2) is 0 Å². The number of benzene rings is 2. The lowest BCUT2D eigenvalue weighted by atomic mass is 9.77. The highest BCUT2D eigenvalue weighted by molar-refractivity contribution is 5.77. The number of fused-ring (bicyclic) bond motifs is 2. The minimum Gasteiger partial charge on any atom is -0.376 e. The van der Waals surface area contributed by atoms with Crippen LogP contribution in [0, 0.1) is 5.92 Å². The molecule has 2 aliphatic rings. The van der Waals surface area contributed by atoms with E-state index in [0.29, 0.717) is 5.92 Å². The van der Waals surface area contributed by atoms with Crippen LogP contribution in [-0.4, -0.2) is 7.11 Å². The molecule has 0 radical (unpaired) electrons. The Bertz CT molecular complexity index is 904. The van der Waals surface area contributed by atoms with Crippen LogP contribution < -0.4 is 0 Å². The Morgan fingerprint density at radius 2 is 1.45 bits per heavy atom. The summed E-state index contributed by atoms with van der Waals surface area (Å²) in [5.41, 5.74) is 12.3. The lowest BCUT2D eigenvalue weighted by Gasteiger charge is -2.27. The van der Waals surface area contributed by atoms with E-state index in [0.717, 1.165) is 6.42 Å². The van der Waals surface area contributed by atoms with Gasteiger partial charge in [-0.05, 0) is 86.9 Å². The molecule has 2 aliphatic carbocycles. The van der Waals surface area contributed by atoms with Gasteiger partial charge in [0.1, 0.15) is 0 Å². The first kappa shape index (κ1) is 20.7. The Labute approximate surface area is 177 Å². The summed E-state index contributed by atoms with van der Waals surface area (Å²) in [6.45, 7) is 16.4. The maximum Gasteiger partial charge on any atom is 0.0852 e.